The predicted molar refractivity (Wildman–Crippen MR) is 80.8 cm³/mol. The fourth-order valence-electron chi connectivity index (χ4n) is 1.74. The third-order valence-corrected chi connectivity index (χ3v) is 2.68. The lowest BCUT2D eigenvalue weighted by atomic mass is 10.2. The molecular weight excluding hydrogens is 288 g/mol. The molecule has 1 aromatic carbocycles. The number of methoxy groups -OCH3 is 1. The zero-order chi connectivity index (χ0) is 16.3. The van der Waals surface area contributed by atoms with Crippen LogP contribution in [0.4, 0.5) is 10.5 Å². The average molecular weight is 306 g/mol. The second kappa shape index (κ2) is 6.05. The van der Waals surface area contributed by atoms with E-state index in [1.807, 2.05) is 0 Å². The third-order valence-electron chi connectivity index (χ3n) is 2.68. The molecule has 0 atom stereocenters. The van der Waals surface area contributed by atoms with E-state index in [9.17, 15) is 9.59 Å². The van der Waals surface area contributed by atoms with E-state index < -0.39 is 17.6 Å². The molecule has 0 spiro atoms. The van der Waals surface area contributed by atoms with Crippen molar-refractivity contribution < 1.29 is 23.8 Å². The SMILES string of the molecule is COc1ccc2c(c1)NC(=O)/C(=N/C(=O)OC(C)(C)C)CO2. The van der Waals surface area contributed by atoms with Crippen LogP contribution in [0.15, 0.2) is 23.2 Å². The Hall–Kier alpha value is -2.57. The summed E-state index contributed by atoms with van der Waals surface area (Å²) >= 11 is 0. The number of hydrogen-bond donors (Lipinski definition) is 1. The summed E-state index contributed by atoms with van der Waals surface area (Å²) in [6.45, 7) is 5.04. The van der Waals surface area contributed by atoms with Gasteiger partial charge in [0.25, 0.3) is 5.91 Å². The average Bonchev–Trinajstić information content (AvgIpc) is 2.56. The van der Waals surface area contributed by atoms with Crippen molar-refractivity contribution in [3.8, 4) is 11.5 Å². The smallest absolute Gasteiger partial charge is 0.434 e. The van der Waals surface area contributed by atoms with Gasteiger partial charge in [-0.05, 0) is 32.9 Å². The van der Waals surface area contributed by atoms with Crippen LogP contribution in [0.2, 0.25) is 0 Å². The van der Waals surface area contributed by atoms with Gasteiger partial charge in [-0.25, -0.2) is 4.79 Å². The van der Waals surface area contributed by atoms with Crippen molar-refractivity contribution in [1.82, 2.24) is 0 Å². The van der Waals surface area contributed by atoms with Crippen molar-refractivity contribution in [2.45, 2.75) is 26.4 Å². The molecule has 0 bridgehead atoms. The van der Waals surface area contributed by atoms with Crippen LogP contribution < -0.4 is 14.8 Å². The molecule has 0 radical (unpaired) electrons. The van der Waals surface area contributed by atoms with Gasteiger partial charge in [0.1, 0.15) is 23.7 Å². The third kappa shape index (κ3) is 3.97. The molecule has 1 aliphatic heterocycles. The van der Waals surface area contributed by atoms with Gasteiger partial charge in [-0.1, -0.05) is 0 Å². The minimum Gasteiger partial charge on any atom is -0.497 e. The van der Waals surface area contributed by atoms with Crippen LogP contribution in [0.25, 0.3) is 0 Å². The first-order valence-corrected chi connectivity index (χ1v) is 6.71. The summed E-state index contributed by atoms with van der Waals surface area (Å²) in [6, 6.07) is 5.01. The molecule has 2 rings (SSSR count). The summed E-state index contributed by atoms with van der Waals surface area (Å²) in [5.41, 5.74) is -0.275. The fourth-order valence-corrected chi connectivity index (χ4v) is 1.74. The number of nitrogens with zero attached hydrogens (tertiary/aromatic N) is 1. The molecule has 7 nitrogen and oxygen atoms in total. The molecule has 1 heterocycles. The number of carbonyl (C=O) groups excluding carboxylic acids is 2. The van der Waals surface area contributed by atoms with Crippen LogP contribution in [-0.2, 0) is 9.53 Å². The number of anilines is 1. The highest BCUT2D eigenvalue weighted by Gasteiger charge is 2.23. The zero-order valence-electron chi connectivity index (χ0n) is 12.9. The number of aliphatic imine (C=N–C) groups is 1. The van der Waals surface area contributed by atoms with Gasteiger partial charge in [0, 0.05) is 6.07 Å². The standard InChI is InChI=1S/C15H18N2O5/c1-15(2,3)22-14(19)17-11-8-21-12-6-5-9(20-4)7-10(12)16-13(11)18/h5-7H,8H2,1-4H3,(H,16,18)/b17-11+. The van der Waals surface area contributed by atoms with Crippen molar-refractivity contribution in [3.05, 3.63) is 18.2 Å². The number of nitrogens with one attached hydrogen (secondary N) is 1. The van der Waals surface area contributed by atoms with Crippen molar-refractivity contribution in [2.24, 2.45) is 4.99 Å². The van der Waals surface area contributed by atoms with Gasteiger partial charge in [-0.15, -0.1) is 0 Å². The Morgan fingerprint density at radius 1 is 1.36 bits per heavy atom. The molecule has 1 aliphatic rings. The Morgan fingerprint density at radius 2 is 2.09 bits per heavy atom. The molecule has 0 fully saturated rings. The van der Waals surface area contributed by atoms with E-state index in [1.54, 1.807) is 39.0 Å². The Morgan fingerprint density at radius 3 is 2.73 bits per heavy atom. The normalized spacial score (nSPS) is 16.2. The monoisotopic (exact) mass is 306 g/mol. The summed E-state index contributed by atoms with van der Waals surface area (Å²) in [5.74, 6) is 0.539. The Balaban J connectivity index is 2.19. The van der Waals surface area contributed by atoms with Crippen LogP contribution in [0.5, 0.6) is 11.5 Å². The minimum atomic E-state index is -0.829. The highest BCUT2D eigenvalue weighted by atomic mass is 16.6. The molecule has 0 unspecified atom stereocenters. The molecule has 2 amide bonds. The van der Waals surface area contributed by atoms with Gasteiger partial charge in [-0.3, -0.25) is 4.79 Å². The van der Waals surface area contributed by atoms with Gasteiger partial charge >= 0.3 is 6.09 Å². The van der Waals surface area contributed by atoms with Crippen LogP contribution in [0, 0.1) is 0 Å². The van der Waals surface area contributed by atoms with Crippen LogP contribution >= 0.6 is 0 Å². The topological polar surface area (TPSA) is 86.2 Å². The number of rotatable bonds is 1. The summed E-state index contributed by atoms with van der Waals surface area (Å²) in [5, 5.41) is 2.63. The fraction of sp³-hybridized carbons (Fsp3) is 0.400. The molecule has 22 heavy (non-hydrogen) atoms. The second-order valence-electron chi connectivity index (χ2n) is 5.64. The highest BCUT2D eigenvalue weighted by molar-refractivity contribution is 6.45. The number of hydrogen-bond acceptors (Lipinski definition) is 5. The zero-order valence-corrected chi connectivity index (χ0v) is 12.9. The lowest BCUT2D eigenvalue weighted by molar-refractivity contribution is -0.110. The maximum absolute atomic E-state index is 12.1. The molecule has 0 saturated heterocycles. The van der Waals surface area contributed by atoms with Gasteiger partial charge < -0.3 is 19.5 Å². The van der Waals surface area contributed by atoms with Gasteiger partial charge in [0.2, 0.25) is 0 Å². The Labute approximate surface area is 128 Å². The summed E-state index contributed by atoms with van der Waals surface area (Å²) in [4.78, 5) is 27.5. The van der Waals surface area contributed by atoms with E-state index in [4.69, 9.17) is 14.2 Å². The van der Waals surface area contributed by atoms with Gasteiger partial charge in [0.05, 0.1) is 12.8 Å². The first kappa shape index (κ1) is 15.8. The summed E-state index contributed by atoms with van der Waals surface area (Å²) < 4.78 is 15.6. The van der Waals surface area contributed by atoms with Crippen molar-refractivity contribution in [1.29, 1.82) is 0 Å². The number of ether oxygens (including phenoxy) is 3. The molecular formula is C15H18N2O5. The number of carbonyl (C=O) groups is 2. The number of benzene rings is 1. The molecule has 1 N–H and O–H groups in total. The molecule has 0 saturated carbocycles. The number of fused-ring (bicyclic) bond motifs is 1. The van der Waals surface area contributed by atoms with E-state index in [0.29, 0.717) is 17.2 Å². The summed E-state index contributed by atoms with van der Waals surface area (Å²) in [6.07, 6.45) is -0.829. The van der Waals surface area contributed by atoms with Crippen LogP contribution in [-0.4, -0.2) is 37.0 Å². The molecule has 1 aromatic rings. The Kier molecular flexibility index (Phi) is 4.35. The summed E-state index contributed by atoms with van der Waals surface area (Å²) in [7, 11) is 1.52. The predicted octanol–water partition coefficient (Wildman–Crippen LogP) is 2.40. The minimum absolute atomic E-state index is 0.0515. The second-order valence-corrected chi connectivity index (χ2v) is 5.64. The molecule has 0 aliphatic carbocycles. The van der Waals surface area contributed by atoms with Crippen LogP contribution in [0.3, 0.4) is 0 Å². The van der Waals surface area contributed by atoms with Crippen molar-refractivity contribution in [3.63, 3.8) is 0 Å². The van der Waals surface area contributed by atoms with Crippen LogP contribution in [0.1, 0.15) is 20.8 Å². The molecule has 118 valence electrons. The maximum Gasteiger partial charge on any atom is 0.434 e. The first-order valence-electron chi connectivity index (χ1n) is 6.71. The van der Waals surface area contributed by atoms with E-state index >= 15 is 0 Å². The van der Waals surface area contributed by atoms with Gasteiger partial charge in [0.15, 0.2) is 5.71 Å². The molecule has 7 heteroatoms. The quantitative estimate of drug-likeness (QED) is 0.861. The number of amides is 2. The largest absolute Gasteiger partial charge is 0.497 e. The van der Waals surface area contributed by atoms with E-state index in [0.717, 1.165) is 0 Å². The van der Waals surface area contributed by atoms with E-state index in [2.05, 4.69) is 10.3 Å². The Bertz CT molecular complexity index is 631. The first-order chi connectivity index (χ1) is 10.3. The maximum atomic E-state index is 12.1. The van der Waals surface area contributed by atoms with Crippen molar-refractivity contribution in [2.75, 3.05) is 19.0 Å². The lowest BCUT2D eigenvalue weighted by Crippen LogP contribution is -2.28. The van der Waals surface area contributed by atoms with Crippen molar-refractivity contribution >= 4 is 23.4 Å². The molecule has 0 aromatic heterocycles. The van der Waals surface area contributed by atoms with E-state index in [1.165, 1.54) is 7.11 Å². The van der Waals surface area contributed by atoms with E-state index in [-0.39, 0.29) is 12.3 Å². The lowest BCUT2D eigenvalue weighted by Gasteiger charge is -2.17. The highest BCUT2D eigenvalue weighted by Crippen LogP contribution is 2.30. The van der Waals surface area contributed by atoms with Gasteiger partial charge in [-0.2, -0.15) is 4.99 Å².